The minimum Gasteiger partial charge on any atom is -0.384 e. The van der Waals surface area contributed by atoms with Crippen molar-refractivity contribution in [3.8, 4) is 0 Å². The maximum atomic E-state index is 12.9. The molecule has 5 nitrogen and oxygen atoms in total. The fourth-order valence-corrected chi connectivity index (χ4v) is 4.52. The summed E-state index contributed by atoms with van der Waals surface area (Å²) in [6.45, 7) is 4.81. The Bertz CT molecular complexity index is 566. The highest BCUT2D eigenvalue weighted by atomic mass is 32.2. The van der Waals surface area contributed by atoms with Gasteiger partial charge in [0.2, 0.25) is 10.0 Å². The number of nitrogens with two attached hydrogens (primary N) is 1. The van der Waals surface area contributed by atoms with Crippen molar-refractivity contribution < 1.29 is 8.42 Å². The summed E-state index contributed by atoms with van der Waals surface area (Å²) in [5.41, 5.74) is 5.64. The molecule has 0 aromatic carbocycles. The largest absolute Gasteiger partial charge is 0.384 e. The van der Waals surface area contributed by atoms with E-state index in [0.717, 1.165) is 32.1 Å². The fourth-order valence-electron chi connectivity index (χ4n) is 2.80. The normalized spacial score (nSPS) is 17.0. The predicted molar refractivity (Wildman–Crippen MR) is 84.3 cm³/mol. The van der Waals surface area contributed by atoms with Crippen molar-refractivity contribution in [2.45, 2.75) is 56.9 Å². The first-order chi connectivity index (χ1) is 9.91. The molecule has 1 aliphatic rings. The molecule has 1 aromatic rings. The Morgan fingerprint density at radius 2 is 2.05 bits per heavy atom. The molecule has 1 aromatic heterocycles. The Balaban J connectivity index is 2.29. The first kappa shape index (κ1) is 16.2. The van der Waals surface area contributed by atoms with Crippen LogP contribution in [0.25, 0.3) is 0 Å². The van der Waals surface area contributed by atoms with Crippen LogP contribution in [-0.2, 0) is 10.0 Å². The summed E-state index contributed by atoms with van der Waals surface area (Å²) in [6.07, 6.45) is 6.46. The van der Waals surface area contributed by atoms with Crippen LogP contribution >= 0.6 is 0 Å². The number of pyridine rings is 1. The van der Waals surface area contributed by atoms with Crippen LogP contribution in [0.2, 0.25) is 0 Å². The molecule has 0 aliphatic heterocycles. The van der Waals surface area contributed by atoms with Gasteiger partial charge in [-0.1, -0.05) is 26.7 Å². The van der Waals surface area contributed by atoms with Gasteiger partial charge in [-0.2, -0.15) is 4.31 Å². The first-order valence-corrected chi connectivity index (χ1v) is 9.08. The fraction of sp³-hybridized carbons (Fsp3) is 0.667. The third kappa shape index (κ3) is 3.95. The van der Waals surface area contributed by atoms with E-state index in [-0.39, 0.29) is 16.8 Å². The van der Waals surface area contributed by atoms with Crippen molar-refractivity contribution in [3.05, 3.63) is 18.3 Å². The molecule has 0 amide bonds. The van der Waals surface area contributed by atoms with Gasteiger partial charge in [0.1, 0.15) is 5.82 Å². The van der Waals surface area contributed by atoms with Gasteiger partial charge in [0, 0.05) is 24.8 Å². The van der Waals surface area contributed by atoms with Gasteiger partial charge in [0.15, 0.2) is 0 Å². The van der Waals surface area contributed by atoms with Crippen LogP contribution in [0.4, 0.5) is 5.82 Å². The second kappa shape index (κ2) is 6.75. The zero-order valence-electron chi connectivity index (χ0n) is 12.8. The highest BCUT2D eigenvalue weighted by molar-refractivity contribution is 7.89. The van der Waals surface area contributed by atoms with Gasteiger partial charge in [0.05, 0.1) is 4.90 Å². The molecule has 6 heteroatoms. The van der Waals surface area contributed by atoms with Crippen LogP contribution in [0.1, 0.15) is 46.0 Å². The van der Waals surface area contributed by atoms with Gasteiger partial charge < -0.3 is 5.73 Å². The lowest BCUT2D eigenvalue weighted by Crippen LogP contribution is -2.40. The molecule has 1 fully saturated rings. The molecule has 0 bridgehead atoms. The van der Waals surface area contributed by atoms with Crippen LogP contribution < -0.4 is 5.73 Å². The molecular weight excluding hydrogens is 286 g/mol. The molecule has 2 rings (SSSR count). The standard InChI is InChI=1S/C15H25N3O2S/c1-12(2)8-10-18(13-5-3-4-6-13)21(19,20)14-7-9-17-15(16)11-14/h7,9,11-13H,3-6,8,10H2,1-2H3,(H2,16,17). The van der Waals surface area contributed by atoms with Gasteiger partial charge in [-0.05, 0) is 31.2 Å². The van der Waals surface area contributed by atoms with Crippen LogP contribution in [0.3, 0.4) is 0 Å². The average Bonchev–Trinajstić information content (AvgIpc) is 2.92. The molecule has 21 heavy (non-hydrogen) atoms. The Morgan fingerprint density at radius 1 is 1.38 bits per heavy atom. The van der Waals surface area contributed by atoms with Crippen molar-refractivity contribution in [3.63, 3.8) is 0 Å². The molecule has 118 valence electrons. The number of hydrogen-bond acceptors (Lipinski definition) is 4. The highest BCUT2D eigenvalue weighted by Gasteiger charge is 2.33. The number of sulfonamides is 1. The lowest BCUT2D eigenvalue weighted by atomic mass is 10.1. The van der Waals surface area contributed by atoms with E-state index in [4.69, 9.17) is 5.73 Å². The summed E-state index contributed by atoms with van der Waals surface area (Å²) >= 11 is 0. The molecule has 0 radical (unpaired) electrons. The average molecular weight is 311 g/mol. The van der Waals surface area contributed by atoms with Gasteiger partial charge in [-0.15, -0.1) is 0 Å². The van der Waals surface area contributed by atoms with Crippen molar-refractivity contribution in [1.29, 1.82) is 0 Å². The van der Waals surface area contributed by atoms with E-state index in [0.29, 0.717) is 12.5 Å². The van der Waals surface area contributed by atoms with E-state index in [1.165, 1.54) is 18.3 Å². The molecular formula is C15H25N3O2S. The van der Waals surface area contributed by atoms with E-state index in [1.807, 2.05) is 0 Å². The summed E-state index contributed by atoms with van der Waals surface area (Å²) < 4.78 is 27.5. The molecule has 1 saturated carbocycles. The molecule has 0 atom stereocenters. The van der Waals surface area contributed by atoms with Gasteiger partial charge in [0.25, 0.3) is 0 Å². The van der Waals surface area contributed by atoms with Gasteiger partial charge in [-0.3, -0.25) is 0 Å². The molecule has 0 spiro atoms. The Hall–Kier alpha value is -1.14. The topological polar surface area (TPSA) is 76.3 Å². The summed E-state index contributed by atoms with van der Waals surface area (Å²) in [7, 11) is -3.49. The maximum absolute atomic E-state index is 12.9. The van der Waals surface area contributed by atoms with Crippen LogP contribution in [0.5, 0.6) is 0 Å². The van der Waals surface area contributed by atoms with Gasteiger partial charge >= 0.3 is 0 Å². The molecule has 1 aliphatic carbocycles. The number of aromatic nitrogens is 1. The van der Waals surface area contributed by atoms with Crippen LogP contribution in [0, 0.1) is 5.92 Å². The zero-order valence-corrected chi connectivity index (χ0v) is 13.6. The van der Waals surface area contributed by atoms with Crippen molar-refractivity contribution in [2.75, 3.05) is 12.3 Å². The Morgan fingerprint density at radius 3 is 2.62 bits per heavy atom. The van der Waals surface area contributed by atoms with Crippen molar-refractivity contribution in [1.82, 2.24) is 9.29 Å². The van der Waals surface area contributed by atoms with Gasteiger partial charge in [-0.25, -0.2) is 13.4 Å². The smallest absolute Gasteiger partial charge is 0.243 e. The molecule has 0 unspecified atom stereocenters. The van der Waals surface area contributed by atoms with Crippen LogP contribution in [0.15, 0.2) is 23.2 Å². The first-order valence-electron chi connectivity index (χ1n) is 7.64. The number of nitrogens with zero attached hydrogens (tertiary/aromatic N) is 2. The third-order valence-corrected chi connectivity index (χ3v) is 5.97. The summed E-state index contributed by atoms with van der Waals surface area (Å²) in [5, 5.41) is 0. The summed E-state index contributed by atoms with van der Waals surface area (Å²) in [6, 6.07) is 3.11. The number of anilines is 1. The number of hydrogen-bond donors (Lipinski definition) is 1. The highest BCUT2D eigenvalue weighted by Crippen LogP contribution is 2.29. The lowest BCUT2D eigenvalue weighted by Gasteiger charge is -2.28. The number of rotatable bonds is 6. The zero-order chi connectivity index (χ0) is 15.5. The van der Waals surface area contributed by atoms with E-state index in [2.05, 4.69) is 18.8 Å². The Kier molecular flexibility index (Phi) is 5.22. The van der Waals surface area contributed by atoms with Crippen molar-refractivity contribution in [2.24, 2.45) is 5.92 Å². The monoisotopic (exact) mass is 311 g/mol. The molecule has 2 N–H and O–H groups in total. The third-order valence-electron chi connectivity index (χ3n) is 4.02. The number of nitrogen functional groups attached to an aromatic ring is 1. The van der Waals surface area contributed by atoms with E-state index in [1.54, 1.807) is 4.31 Å². The van der Waals surface area contributed by atoms with Crippen LogP contribution in [-0.4, -0.2) is 30.3 Å². The quantitative estimate of drug-likeness (QED) is 0.876. The maximum Gasteiger partial charge on any atom is 0.243 e. The van der Waals surface area contributed by atoms with Crippen molar-refractivity contribution >= 4 is 15.8 Å². The minimum atomic E-state index is -3.49. The second-order valence-corrected chi connectivity index (χ2v) is 8.04. The minimum absolute atomic E-state index is 0.128. The Labute approximate surface area is 127 Å². The predicted octanol–water partition coefficient (Wildman–Crippen LogP) is 2.64. The molecule has 1 heterocycles. The summed E-state index contributed by atoms with van der Waals surface area (Å²) in [4.78, 5) is 4.13. The van der Waals surface area contributed by atoms with E-state index >= 15 is 0 Å². The SMILES string of the molecule is CC(C)CCN(C1CCCC1)S(=O)(=O)c1ccnc(N)c1. The van der Waals surface area contributed by atoms with E-state index < -0.39 is 10.0 Å². The lowest BCUT2D eigenvalue weighted by molar-refractivity contribution is 0.304. The second-order valence-electron chi connectivity index (χ2n) is 6.15. The summed E-state index contributed by atoms with van der Waals surface area (Å²) in [5.74, 6) is 0.720. The van der Waals surface area contributed by atoms with E-state index in [9.17, 15) is 8.42 Å². The molecule has 0 saturated heterocycles.